The molecule has 1 saturated heterocycles. The number of nitrogens with zero attached hydrogens (tertiary/aromatic N) is 3. The number of aromatic nitrogens is 2. The summed E-state index contributed by atoms with van der Waals surface area (Å²) in [7, 11) is -3.70. The maximum atomic E-state index is 13.3. The fourth-order valence-electron chi connectivity index (χ4n) is 3.47. The van der Waals surface area contributed by atoms with Crippen molar-refractivity contribution >= 4 is 21.6 Å². The van der Waals surface area contributed by atoms with Crippen molar-refractivity contribution in [1.82, 2.24) is 14.1 Å². The quantitative estimate of drug-likeness (QED) is 0.797. The van der Waals surface area contributed by atoms with Crippen molar-refractivity contribution < 1.29 is 22.0 Å². The van der Waals surface area contributed by atoms with Crippen molar-refractivity contribution in [2.24, 2.45) is 5.92 Å². The molecule has 1 N–H and O–H groups in total. The molecule has 3 rings (SSSR count). The van der Waals surface area contributed by atoms with Crippen molar-refractivity contribution in [1.29, 1.82) is 0 Å². The van der Waals surface area contributed by atoms with Gasteiger partial charge in [-0.15, -0.1) is 0 Å². The average Bonchev–Trinajstić information content (AvgIpc) is 2.92. The second-order valence-electron chi connectivity index (χ2n) is 7.42. The first-order chi connectivity index (χ1) is 13.6. The summed E-state index contributed by atoms with van der Waals surface area (Å²) in [5.41, 5.74) is 0.786. The number of anilines is 1. The predicted molar refractivity (Wildman–Crippen MR) is 104 cm³/mol. The maximum absolute atomic E-state index is 13.3. The van der Waals surface area contributed by atoms with E-state index >= 15 is 0 Å². The predicted octanol–water partition coefficient (Wildman–Crippen LogP) is 2.84. The molecule has 1 aliphatic rings. The third kappa shape index (κ3) is 4.48. The highest BCUT2D eigenvalue weighted by Gasteiger charge is 2.33. The van der Waals surface area contributed by atoms with E-state index < -0.39 is 27.6 Å². The van der Waals surface area contributed by atoms with Gasteiger partial charge in [-0.25, -0.2) is 17.2 Å². The summed E-state index contributed by atoms with van der Waals surface area (Å²) in [6.07, 6.45) is 1.62. The Bertz CT molecular complexity index is 1030. The third-order valence-corrected chi connectivity index (χ3v) is 7.30. The second-order valence-corrected chi connectivity index (χ2v) is 9.30. The number of carbonyl (C=O) groups is 1. The number of piperidine rings is 1. The molecule has 0 unspecified atom stereocenters. The van der Waals surface area contributed by atoms with E-state index in [0.717, 1.165) is 25.0 Å². The van der Waals surface area contributed by atoms with Crippen molar-refractivity contribution in [3.8, 4) is 0 Å². The number of halogens is 2. The van der Waals surface area contributed by atoms with Crippen LogP contribution in [0, 0.1) is 31.4 Å². The standard InChI is InChI=1S/C19H24F2N4O3S/c1-12-6-8-24(9-7-12)29(27,28)19-13(2)23-25(14(19)3)11-18(26)22-15-4-5-16(20)17(21)10-15/h4-5,10,12H,6-9,11H2,1-3H3,(H,22,26). The van der Waals surface area contributed by atoms with Gasteiger partial charge < -0.3 is 5.32 Å². The Morgan fingerprint density at radius 1 is 1.21 bits per heavy atom. The Labute approximate surface area is 168 Å². The Balaban J connectivity index is 1.78. The van der Waals surface area contributed by atoms with Crippen LogP contribution in [0.1, 0.15) is 31.2 Å². The molecular formula is C19H24F2N4O3S. The molecule has 1 amide bonds. The summed E-state index contributed by atoms with van der Waals surface area (Å²) < 4.78 is 55.3. The highest BCUT2D eigenvalue weighted by atomic mass is 32.2. The van der Waals surface area contributed by atoms with Crippen molar-refractivity contribution in [3.05, 3.63) is 41.2 Å². The number of nitrogens with one attached hydrogen (secondary N) is 1. The zero-order valence-electron chi connectivity index (χ0n) is 16.6. The van der Waals surface area contributed by atoms with E-state index in [-0.39, 0.29) is 17.1 Å². The summed E-state index contributed by atoms with van der Waals surface area (Å²) in [6, 6.07) is 3.03. The van der Waals surface area contributed by atoms with Gasteiger partial charge in [-0.05, 0) is 44.7 Å². The smallest absolute Gasteiger partial charge is 0.246 e. The number of hydrogen-bond donors (Lipinski definition) is 1. The molecule has 1 aliphatic heterocycles. The molecule has 0 bridgehead atoms. The number of hydrogen-bond acceptors (Lipinski definition) is 4. The van der Waals surface area contributed by atoms with Crippen LogP contribution in [0.2, 0.25) is 0 Å². The number of sulfonamides is 1. The van der Waals surface area contributed by atoms with Gasteiger partial charge in [0.1, 0.15) is 11.4 Å². The largest absolute Gasteiger partial charge is 0.324 e. The van der Waals surface area contributed by atoms with Crippen molar-refractivity contribution in [2.45, 2.75) is 45.1 Å². The van der Waals surface area contributed by atoms with Gasteiger partial charge >= 0.3 is 0 Å². The van der Waals surface area contributed by atoms with E-state index in [0.29, 0.717) is 30.4 Å². The lowest BCUT2D eigenvalue weighted by Gasteiger charge is -2.29. The summed E-state index contributed by atoms with van der Waals surface area (Å²) >= 11 is 0. The fourth-order valence-corrected chi connectivity index (χ4v) is 5.32. The lowest BCUT2D eigenvalue weighted by atomic mass is 10.0. The monoisotopic (exact) mass is 426 g/mol. The van der Waals surface area contributed by atoms with Crippen LogP contribution in [0.5, 0.6) is 0 Å². The normalized spacial score (nSPS) is 16.2. The van der Waals surface area contributed by atoms with Gasteiger partial charge in [0.15, 0.2) is 11.6 Å². The van der Waals surface area contributed by atoms with Gasteiger partial charge in [0.2, 0.25) is 15.9 Å². The van der Waals surface area contributed by atoms with Gasteiger partial charge in [-0.3, -0.25) is 9.48 Å². The molecule has 0 radical (unpaired) electrons. The Kier molecular flexibility index (Phi) is 6.04. The van der Waals surface area contributed by atoms with Crippen LogP contribution in [0.15, 0.2) is 23.1 Å². The number of benzene rings is 1. The third-order valence-electron chi connectivity index (χ3n) is 5.15. The summed E-state index contributed by atoms with van der Waals surface area (Å²) in [5, 5.41) is 6.67. The topological polar surface area (TPSA) is 84.3 Å². The number of carbonyl (C=O) groups excluding carboxylic acids is 1. The highest BCUT2D eigenvalue weighted by Crippen LogP contribution is 2.27. The van der Waals surface area contributed by atoms with Crippen LogP contribution in [-0.2, 0) is 21.4 Å². The zero-order chi connectivity index (χ0) is 21.3. The minimum Gasteiger partial charge on any atom is -0.324 e. The number of aryl methyl sites for hydroxylation is 1. The van der Waals surface area contributed by atoms with E-state index in [2.05, 4.69) is 17.3 Å². The molecule has 10 heteroatoms. The van der Waals surface area contributed by atoms with Gasteiger partial charge in [0.25, 0.3) is 0 Å². The molecule has 1 fully saturated rings. The molecule has 0 atom stereocenters. The molecule has 2 aromatic rings. The molecule has 1 aromatic carbocycles. The van der Waals surface area contributed by atoms with Gasteiger partial charge in [0, 0.05) is 24.8 Å². The van der Waals surface area contributed by atoms with Crippen LogP contribution < -0.4 is 5.32 Å². The fraction of sp³-hybridized carbons (Fsp3) is 0.474. The summed E-state index contributed by atoms with van der Waals surface area (Å²) in [4.78, 5) is 12.4. The first-order valence-corrected chi connectivity index (χ1v) is 10.8. The van der Waals surface area contributed by atoms with Crippen LogP contribution in [0.25, 0.3) is 0 Å². The minimum absolute atomic E-state index is 0.103. The van der Waals surface area contributed by atoms with E-state index in [1.165, 1.54) is 15.1 Å². The molecule has 158 valence electrons. The average molecular weight is 426 g/mol. The molecule has 1 aromatic heterocycles. The zero-order valence-corrected chi connectivity index (χ0v) is 17.4. The number of amides is 1. The lowest BCUT2D eigenvalue weighted by Crippen LogP contribution is -2.38. The molecule has 2 heterocycles. The molecular weight excluding hydrogens is 402 g/mol. The van der Waals surface area contributed by atoms with Crippen LogP contribution in [0.4, 0.5) is 14.5 Å². The highest BCUT2D eigenvalue weighted by molar-refractivity contribution is 7.89. The van der Waals surface area contributed by atoms with E-state index in [9.17, 15) is 22.0 Å². The SMILES string of the molecule is Cc1nn(CC(=O)Nc2ccc(F)c(F)c2)c(C)c1S(=O)(=O)N1CCC(C)CC1. The van der Waals surface area contributed by atoms with E-state index in [1.807, 2.05) is 0 Å². The van der Waals surface area contributed by atoms with Gasteiger partial charge in [-0.2, -0.15) is 9.40 Å². The second kappa shape index (κ2) is 8.19. The molecule has 0 saturated carbocycles. The molecule has 0 aliphatic carbocycles. The van der Waals surface area contributed by atoms with E-state index in [4.69, 9.17) is 0 Å². The molecule has 7 nitrogen and oxygen atoms in total. The summed E-state index contributed by atoms with van der Waals surface area (Å²) in [5.74, 6) is -2.12. The minimum atomic E-state index is -3.70. The Hall–Kier alpha value is -2.33. The lowest BCUT2D eigenvalue weighted by molar-refractivity contribution is -0.116. The first-order valence-electron chi connectivity index (χ1n) is 9.38. The van der Waals surface area contributed by atoms with Gasteiger partial charge in [0.05, 0.1) is 11.4 Å². The van der Waals surface area contributed by atoms with Gasteiger partial charge in [-0.1, -0.05) is 6.92 Å². The van der Waals surface area contributed by atoms with Crippen LogP contribution in [-0.4, -0.2) is 41.5 Å². The van der Waals surface area contributed by atoms with Crippen LogP contribution in [0.3, 0.4) is 0 Å². The first kappa shape index (κ1) is 21.4. The molecule has 0 spiro atoms. The Morgan fingerprint density at radius 2 is 1.86 bits per heavy atom. The van der Waals surface area contributed by atoms with Crippen LogP contribution >= 0.6 is 0 Å². The molecule has 29 heavy (non-hydrogen) atoms. The Morgan fingerprint density at radius 3 is 2.48 bits per heavy atom. The maximum Gasteiger partial charge on any atom is 0.246 e. The van der Waals surface area contributed by atoms with Crippen molar-refractivity contribution in [3.63, 3.8) is 0 Å². The van der Waals surface area contributed by atoms with E-state index in [1.54, 1.807) is 13.8 Å². The van der Waals surface area contributed by atoms with Crippen molar-refractivity contribution in [2.75, 3.05) is 18.4 Å². The summed E-state index contributed by atoms with van der Waals surface area (Å²) in [6.45, 7) is 5.97. The number of rotatable bonds is 5.